The Labute approximate surface area is 213 Å². The Balaban J connectivity index is 1.43. The van der Waals surface area contributed by atoms with E-state index in [1.165, 1.54) is 5.56 Å². The molecule has 2 aromatic carbocycles. The summed E-state index contributed by atoms with van der Waals surface area (Å²) in [7, 11) is 1.62. The number of rotatable bonds is 11. The van der Waals surface area contributed by atoms with Crippen LogP contribution in [0.5, 0.6) is 5.75 Å². The van der Waals surface area contributed by atoms with E-state index in [1.54, 1.807) is 13.3 Å². The maximum atomic E-state index is 11.7. The van der Waals surface area contributed by atoms with Crippen molar-refractivity contribution in [1.82, 2.24) is 9.88 Å². The number of aromatic nitrogens is 1. The second-order valence-electron chi connectivity index (χ2n) is 9.77. The maximum absolute atomic E-state index is 11.7. The second-order valence-corrected chi connectivity index (χ2v) is 9.77. The van der Waals surface area contributed by atoms with E-state index in [1.807, 2.05) is 48.5 Å². The Morgan fingerprint density at radius 1 is 1.22 bits per heavy atom. The molecule has 2 N–H and O–H groups in total. The molecule has 1 aliphatic heterocycles. The molecule has 2 unspecified atom stereocenters. The predicted molar refractivity (Wildman–Crippen MR) is 142 cm³/mol. The summed E-state index contributed by atoms with van der Waals surface area (Å²) in [5, 5.41) is 21.6. The van der Waals surface area contributed by atoms with Crippen molar-refractivity contribution in [2.45, 2.75) is 44.2 Å². The maximum Gasteiger partial charge on any atom is 0.303 e. The first-order valence-corrected chi connectivity index (χ1v) is 12.7. The van der Waals surface area contributed by atoms with Crippen LogP contribution >= 0.6 is 0 Å². The zero-order valence-corrected chi connectivity index (χ0v) is 20.9. The van der Waals surface area contributed by atoms with E-state index in [0.29, 0.717) is 6.42 Å². The third-order valence-corrected chi connectivity index (χ3v) is 7.54. The molecule has 4 atom stereocenters. The Morgan fingerprint density at radius 3 is 2.75 bits per heavy atom. The largest absolute Gasteiger partial charge is 0.497 e. The summed E-state index contributed by atoms with van der Waals surface area (Å²) < 4.78 is 5.36. The van der Waals surface area contributed by atoms with Crippen molar-refractivity contribution in [3.8, 4) is 5.75 Å². The van der Waals surface area contributed by atoms with E-state index in [0.717, 1.165) is 54.6 Å². The monoisotopic (exact) mass is 488 g/mol. The van der Waals surface area contributed by atoms with Crippen molar-refractivity contribution in [3.05, 3.63) is 84.6 Å². The number of nitrogens with zero attached hydrogens (tertiary/aromatic N) is 2. The molecule has 0 amide bonds. The fourth-order valence-corrected chi connectivity index (χ4v) is 5.55. The van der Waals surface area contributed by atoms with Crippen LogP contribution in [0.15, 0.2) is 73.4 Å². The number of fused-ring (bicyclic) bond motifs is 1. The van der Waals surface area contributed by atoms with Crippen LogP contribution in [0.25, 0.3) is 10.9 Å². The number of hydrogen-bond donors (Lipinski definition) is 2. The van der Waals surface area contributed by atoms with Crippen LogP contribution in [0.3, 0.4) is 0 Å². The average molecular weight is 489 g/mol. The van der Waals surface area contributed by atoms with Gasteiger partial charge in [0.15, 0.2) is 0 Å². The predicted octanol–water partition coefficient (Wildman–Crippen LogP) is 5.27. The molecule has 0 radical (unpaired) electrons. The molecule has 36 heavy (non-hydrogen) atoms. The van der Waals surface area contributed by atoms with E-state index < -0.39 is 12.1 Å². The van der Waals surface area contributed by atoms with Gasteiger partial charge in [0.2, 0.25) is 0 Å². The van der Waals surface area contributed by atoms with Gasteiger partial charge in [-0.25, -0.2) is 0 Å². The number of aliphatic hydroxyl groups is 1. The van der Waals surface area contributed by atoms with Crippen LogP contribution in [0.1, 0.15) is 42.9 Å². The van der Waals surface area contributed by atoms with Crippen molar-refractivity contribution >= 4 is 16.9 Å². The van der Waals surface area contributed by atoms with Crippen LogP contribution in [-0.4, -0.2) is 52.3 Å². The van der Waals surface area contributed by atoms with Gasteiger partial charge < -0.3 is 14.9 Å². The molecule has 190 valence electrons. The number of piperidine rings is 1. The highest BCUT2D eigenvalue weighted by Crippen LogP contribution is 2.35. The number of ether oxygens (including phenoxy) is 1. The molecule has 1 saturated heterocycles. The van der Waals surface area contributed by atoms with Crippen molar-refractivity contribution < 1.29 is 19.7 Å². The number of aliphatic hydroxyl groups excluding tert-OH is 1. The second kappa shape index (κ2) is 12.2. The topological polar surface area (TPSA) is 82.9 Å². The van der Waals surface area contributed by atoms with Crippen LogP contribution in [0.2, 0.25) is 0 Å². The van der Waals surface area contributed by atoms with Gasteiger partial charge in [-0.2, -0.15) is 0 Å². The molecule has 1 fully saturated rings. The molecular formula is C30H36N2O4. The molecule has 1 aliphatic rings. The number of pyridine rings is 1. The fourth-order valence-electron chi connectivity index (χ4n) is 5.55. The minimum atomic E-state index is -0.766. The number of benzene rings is 2. The molecule has 6 nitrogen and oxygen atoms in total. The SMILES string of the molecule is C=CC(Cc1ccccc1)N1CC[C@@H](CCC(O)c2ccnc3ccc(OC)cc23)[C@@H](CC(=O)O)C1. The summed E-state index contributed by atoms with van der Waals surface area (Å²) >= 11 is 0. The van der Waals surface area contributed by atoms with Crippen LogP contribution in [-0.2, 0) is 11.2 Å². The zero-order chi connectivity index (χ0) is 25.5. The number of likely N-dealkylation sites (tertiary alicyclic amines) is 1. The molecule has 4 rings (SSSR count). The Morgan fingerprint density at radius 2 is 2.03 bits per heavy atom. The molecule has 1 aromatic heterocycles. The van der Waals surface area contributed by atoms with Gasteiger partial charge in [0.05, 0.1) is 18.7 Å². The van der Waals surface area contributed by atoms with Crippen LogP contribution in [0, 0.1) is 11.8 Å². The average Bonchev–Trinajstić information content (AvgIpc) is 2.90. The molecule has 3 aromatic rings. The molecular weight excluding hydrogens is 452 g/mol. The number of carboxylic acid groups (broad SMARTS) is 1. The van der Waals surface area contributed by atoms with Crippen LogP contribution < -0.4 is 4.74 Å². The highest BCUT2D eigenvalue weighted by molar-refractivity contribution is 5.83. The number of aliphatic carboxylic acids is 1. The smallest absolute Gasteiger partial charge is 0.303 e. The van der Waals surface area contributed by atoms with E-state index in [9.17, 15) is 15.0 Å². The third kappa shape index (κ3) is 6.31. The summed E-state index contributed by atoms with van der Waals surface area (Å²) in [6, 6.07) is 18.1. The summed E-state index contributed by atoms with van der Waals surface area (Å²) in [6.07, 6.45) is 6.33. The van der Waals surface area contributed by atoms with Crippen molar-refractivity contribution in [2.75, 3.05) is 20.2 Å². The fraction of sp³-hybridized carbons (Fsp3) is 0.400. The minimum Gasteiger partial charge on any atom is -0.497 e. The zero-order valence-electron chi connectivity index (χ0n) is 20.9. The number of carbonyl (C=O) groups is 1. The van der Waals surface area contributed by atoms with Gasteiger partial charge in [0, 0.05) is 30.6 Å². The molecule has 6 heteroatoms. The molecule has 0 saturated carbocycles. The first kappa shape index (κ1) is 25.9. The Kier molecular flexibility index (Phi) is 8.73. The summed E-state index contributed by atoms with van der Waals surface area (Å²) in [6.45, 7) is 5.69. The van der Waals surface area contributed by atoms with Crippen molar-refractivity contribution in [1.29, 1.82) is 0 Å². The Bertz CT molecular complexity index is 1170. The van der Waals surface area contributed by atoms with E-state index in [4.69, 9.17) is 4.74 Å². The van der Waals surface area contributed by atoms with Crippen molar-refractivity contribution in [2.24, 2.45) is 11.8 Å². The molecule has 0 spiro atoms. The first-order valence-electron chi connectivity index (χ1n) is 12.7. The van der Waals surface area contributed by atoms with Gasteiger partial charge in [-0.05, 0) is 79.5 Å². The number of hydrogen-bond acceptors (Lipinski definition) is 5. The number of carboxylic acids is 1. The van der Waals surface area contributed by atoms with E-state index >= 15 is 0 Å². The van der Waals surface area contributed by atoms with Gasteiger partial charge in [0.25, 0.3) is 0 Å². The standard InChI is InChI=1S/C30H36N2O4/c1-3-24(17-21-7-5-4-6-8-21)32-16-14-22(23(20-32)18-30(34)35)9-12-29(33)26-13-15-31-28-11-10-25(36-2)19-27(26)28/h3-8,10-11,13,15,19,22-24,29,33H,1,9,12,14,16-18,20H2,2H3,(H,34,35)/t22-,23+,24?,29?/m1/s1. The van der Waals surface area contributed by atoms with E-state index in [-0.39, 0.29) is 24.3 Å². The Hall–Kier alpha value is -3.22. The molecule has 0 aliphatic carbocycles. The third-order valence-electron chi connectivity index (χ3n) is 7.54. The van der Waals surface area contributed by atoms with Gasteiger partial charge in [-0.1, -0.05) is 36.4 Å². The quantitative estimate of drug-likeness (QED) is 0.358. The lowest BCUT2D eigenvalue weighted by Crippen LogP contribution is -2.46. The minimum absolute atomic E-state index is 0.0379. The lowest BCUT2D eigenvalue weighted by atomic mass is 9.79. The van der Waals surface area contributed by atoms with Crippen molar-refractivity contribution in [3.63, 3.8) is 0 Å². The summed E-state index contributed by atoms with van der Waals surface area (Å²) in [4.78, 5) is 18.5. The lowest BCUT2D eigenvalue weighted by Gasteiger charge is -2.41. The number of methoxy groups -OCH3 is 1. The highest BCUT2D eigenvalue weighted by atomic mass is 16.5. The molecule has 2 heterocycles. The summed E-state index contributed by atoms with van der Waals surface area (Å²) in [5.74, 6) is 0.246. The van der Waals surface area contributed by atoms with Gasteiger partial charge in [-0.15, -0.1) is 6.58 Å². The lowest BCUT2D eigenvalue weighted by molar-refractivity contribution is -0.139. The van der Waals surface area contributed by atoms with E-state index in [2.05, 4.69) is 28.6 Å². The van der Waals surface area contributed by atoms with Gasteiger partial charge in [-0.3, -0.25) is 14.7 Å². The highest BCUT2D eigenvalue weighted by Gasteiger charge is 2.33. The van der Waals surface area contributed by atoms with Gasteiger partial charge >= 0.3 is 5.97 Å². The normalized spacial score (nSPS) is 20.1. The van der Waals surface area contributed by atoms with Crippen LogP contribution in [0.4, 0.5) is 0 Å². The van der Waals surface area contributed by atoms with Gasteiger partial charge in [0.1, 0.15) is 5.75 Å². The summed E-state index contributed by atoms with van der Waals surface area (Å²) in [5.41, 5.74) is 2.91. The molecule has 0 bridgehead atoms. The first-order chi connectivity index (χ1) is 17.5.